The number of amides is 2. The van der Waals surface area contributed by atoms with Gasteiger partial charge in [0.15, 0.2) is 0 Å². The molecule has 9 heteroatoms. The van der Waals surface area contributed by atoms with Crippen LogP contribution in [0, 0.1) is 6.92 Å². The minimum absolute atomic E-state index is 0.0422. The summed E-state index contributed by atoms with van der Waals surface area (Å²) in [4.78, 5) is 29.2. The Bertz CT molecular complexity index is 1400. The lowest BCUT2D eigenvalue weighted by molar-refractivity contribution is -0.141. The van der Waals surface area contributed by atoms with E-state index in [4.69, 9.17) is 11.6 Å². The zero-order chi connectivity index (χ0) is 30.0. The van der Waals surface area contributed by atoms with Crippen LogP contribution in [0.3, 0.4) is 0 Å². The summed E-state index contributed by atoms with van der Waals surface area (Å²) in [5.74, 6) is -0.417. The third kappa shape index (κ3) is 9.90. The Hall–Kier alpha value is -3.36. The number of aryl methyl sites for hydroxylation is 1. The fourth-order valence-electron chi connectivity index (χ4n) is 4.61. The quantitative estimate of drug-likeness (QED) is 0.256. The third-order valence-electron chi connectivity index (χ3n) is 6.97. The van der Waals surface area contributed by atoms with Gasteiger partial charge < -0.3 is 10.2 Å². The lowest BCUT2D eigenvalue weighted by Crippen LogP contribution is -2.52. The highest BCUT2D eigenvalue weighted by atomic mass is 35.5. The van der Waals surface area contributed by atoms with Crippen LogP contribution in [0.25, 0.3) is 0 Å². The predicted molar refractivity (Wildman–Crippen MR) is 166 cm³/mol. The molecule has 0 saturated heterocycles. The molecule has 0 bridgehead atoms. The summed E-state index contributed by atoms with van der Waals surface area (Å²) >= 11 is 5.99. The molecule has 41 heavy (non-hydrogen) atoms. The monoisotopic (exact) mass is 597 g/mol. The summed E-state index contributed by atoms with van der Waals surface area (Å²) in [6.45, 7) is 6.32. The number of benzene rings is 3. The molecule has 0 radical (unpaired) electrons. The zero-order valence-electron chi connectivity index (χ0n) is 24.2. The average Bonchev–Trinajstić information content (AvgIpc) is 2.93. The van der Waals surface area contributed by atoms with Gasteiger partial charge in [-0.3, -0.25) is 13.9 Å². The van der Waals surface area contributed by atoms with Crippen LogP contribution in [0.2, 0.25) is 5.02 Å². The van der Waals surface area contributed by atoms with Gasteiger partial charge in [-0.25, -0.2) is 8.42 Å². The number of nitrogens with zero attached hydrogens (tertiary/aromatic N) is 2. The minimum Gasteiger partial charge on any atom is -0.352 e. The first-order valence-electron chi connectivity index (χ1n) is 13.9. The Morgan fingerprint density at radius 3 is 2.22 bits per heavy atom. The number of carbonyl (C=O) groups excluding carboxylic acids is 2. The Kier molecular flexibility index (Phi) is 11.8. The molecule has 0 aromatic heterocycles. The molecular weight excluding hydrogens is 558 g/mol. The molecule has 3 aromatic carbocycles. The number of hydrogen-bond acceptors (Lipinski definition) is 4. The van der Waals surface area contributed by atoms with Crippen LogP contribution in [-0.4, -0.2) is 50.0 Å². The van der Waals surface area contributed by atoms with E-state index in [-0.39, 0.29) is 43.8 Å². The number of carbonyl (C=O) groups is 2. The summed E-state index contributed by atoms with van der Waals surface area (Å²) in [7, 11) is -3.59. The van der Waals surface area contributed by atoms with Crippen molar-refractivity contribution in [3.63, 3.8) is 0 Å². The van der Waals surface area contributed by atoms with E-state index in [0.717, 1.165) is 29.4 Å². The fourth-order valence-corrected chi connectivity index (χ4v) is 5.70. The second kappa shape index (κ2) is 15.0. The fraction of sp³-hybridized carbons (Fsp3) is 0.375. The molecule has 2 atom stereocenters. The highest BCUT2D eigenvalue weighted by molar-refractivity contribution is 7.92. The number of nitrogens with one attached hydrogen (secondary N) is 1. The smallest absolute Gasteiger partial charge is 0.243 e. The maximum Gasteiger partial charge on any atom is 0.243 e. The van der Waals surface area contributed by atoms with Crippen LogP contribution < -0.4 is 9.62 Å². The number of sulfonamides is 1. The first kappa shape index (κ1) is 32.2. The Labute approximate surface area is 249 Å². The molecule has 0 aliphatic heterocycles. The third-order valence-corrected chi connectivity index (χ3v) is 8.42. The van der Waals surface area contributed by atoms with Crippen molar-refractivity contribution < 1.29 is 18.0 Å². The molecule has 0 fully saturated rings. The van der Waals surface area contributed by atoms with Crippen LogP contribution in [0.1, 0.15) is 49.8 Å². The van der Waals surface area contributed by atoms with Crippen LogP contribution >= 0.6 is 11.6 Å². The summed E-state index contributed by atoms with van der Waals surface area (Å²) < 4.78 is 26.4. The molecule has 0 unspecified atom stereocenters. The van der Waals surface area contributed by atoms with Gasteiger partial charge in [0.1, 0.15) is 6.04 Å². The number of hydrogen-bond donors (Lipinski definition) is 1. The molecule has 0 aliphatic carbocycles. The molecule has 2 amide bonds. The van der Waals surface area contributed by atoms with Gasteiger partial charge in [0.25, 0.3) is 0 Å². The van der Waals surface area contributed by atoms with Crippen molar-refractivity contribution in [1.82, 2.24) is 10.2 Å². The summed E-state index contributed by atoms with van der Waals surface area (Å²) in [6.07, 6.45) is 2.63. The van der Waals surface area contributed by atoms with Gasteiger partial charge in [-0.15, -0.1) is 0 Å². The molecule has 3 aromatic rings. The topological polar surface area (TPSA) is 86.8 Å². The van der Waals surface area contributed by atoms with E-state index >= 15 is 0 Å². The van der Waals surface area contributed by atoms with Crippen molar-refractivity contribution in [2.75, 3.05) is 17.1 Å². The molecule has 0 spiro atoms. The Balaban J connectivity index is 1.89. The minimum atomic E-state index is -3.59. The summed E-state index contributed by atoms with van der Waals surface area (Å²) in [6, 6.07) is 23.3. The lowest BCUT2D eigenvalue weighted by Gasteiger charge is -2.33. The molecule has 220 valence electrons. The molecule has 3 rings (SSSR count). The maximum absolute atomic E-state index is 13.9. The predicted octanol–water partition coefficient (Wildman–Crippen LogP) is 5.75. The first-order valence-corrected chi connectivity index (χ1v) is 16.1. The highest BCUT2D eigenvalue weighted by Gasteiger charge is 2.31. The van der Waals surface area contributed by atoms with E-state index in [1.165, 1.54) is 4.31 Å². The van der Waals surface area contributed by atoms with Gasteiger partial charge in [-0.05, 0) is 62.1 Å². The van der Waals surface area contributed by atoms with E-state index in [1.807, 2.05) is 75.4 Å². The van der Waals surface area contributed by atoms with Crippen molar-refractivity contribution in [3.8, 4) is 0 Å². The van der Waals surface area contributed by atoms with Crippen molar-refractivity contribution in [2.45, 2.75) is 65.1 Å². The maximum atomic E-state index is 13.9. The Morgan fingerprint density at radius 1 is 0.951 bits per heavy atom. The van der Waals surface area contributed by atoms with Crippen molar-refractivity contribution in [3.05, 3.63) is 101 Å². The van der Waals surface area contributed by atoms with Crippen LogP contribution in [0.5, 0.6) is 0 Å². The SMILES string of the molecule is CC[C@@H](C)NC(=O)[C@@H](Cc1ccccc1)N(Cc1cccc(C)c1)C(=O)CCCN(c1ccc(Cl)cc1)S(C)(=O)=O. The molecule has 0 aliphatic rings. The van der Waals surface area contributed by atoms with Crippen LogP contribution in [0.4, 0.5) is 5.69 Å². The van der Waals surface area contributed by atoms with E-state index in [2.05, 4.69) is 5.32 Å². The van der Waals surface area contributed by atoms with Crippen LogP contribution in [-0.2, 0) is 32.6 Å². The second-order valence-electron chi connectivity index (χ2n) is 10.4. The van der Waals surface area contributed by atoms with Gasteiger partial charge in [-0.2, -0.15) is 0 Å². The van der Waals surface area contributed by atoms with Crippen molar-refractivity contribution in [2.24, 2.45) is 0 Å². The molecule has 0 heterocycles. The molecule has 1 N–H and O–H groups in total. The van der Waals surface area contributed by atoms with Gasteiger partial charge in [-0.1, -0.05) is 78.7 Å². The molecule has 7 nitrogen and oxygen atoms in total. The van der Waals surface area contributed by atoms with Gasteiger partial charge in [0.2, 0.25) is 21.8 Å². The number of halogens is 1. The highest BCUT2D eigenvalue weighted by Crippen LogP contribution is 2.22. The first-order chi connectivity index (χ1) is 19.5. The Morgan fingerprint density at radius 2 is 1.61 bits per heavy atom. The number of anilines is 1. The van der Waals surface area contributed by atoms with E-state index in [9.17, 15) is 18.0 Å². The largest absolute Gasteiger partial charge is 0.352 e. The molecular formula is C32H40ClN3O4S. The van der Waals surface area contributed by atoms with E-state index in [1.54, 1.807) is 29.2 Å². The molecule has 0 saturated carbocycles. The average molecular weight is 598 g/mol. The number of rotatable bonds is 14. The van der Waals surface area contributed by atoms with E-state index < -0.39 is 16.1 Å². The van der Waals surface area contributed by atoms with Crippen molar-refractivity contribution in [1.29, 1.82) is 0 Å². The van der Waals surface area contributed by atoms with Crippen LogP contribution in [0.15, 0.2) is 78.9 Å². The lowest BCUT2D eigenvalue weighted by atomic mass is 10.0. The van der Waals surface area contributed by atoms with Gasteiger partial charge in [0.05, 0.1) is 11.9 Å². The zero-order valence-corrected chi connectivity index (χ0v) is 25.8. The van der Waals surface area contributed by atoms with E-state index in [0.29, 0.717) is 17.1 Å². The summed E-state index contributed by atoms with van der Waals surface area (Å²) in [5.41, 5.74) is 3.41. The standard InChI is InChI=1S/C32H40ClN3O4S/c1-5-25(3)34-32(38)30(22-26-12-7-6-8-13-26)35(23-27-14-9-11-24(2)21-27)31(37)15-10-20-36(41(4,39)40)29-18-16-28(33)17-19-29/h6-9,11-14,16-19,21,25,30H,5,10,15,20,22-23H2,1-4H3,(H,34,38)/t25-,30-/m1/s1. The summed E-state index contributed by atoms with van der Waals surface area (Å²) in [5, 5.41) is 3.58. The van der Waals surface area contributed by atoms with Gasteiger partial charge >= 0.3 is 0 Å². The second-order valence-corrected chi connectivity index (χ2v) is 12.8. The van der Waals surface area contributed by atoms with Gasteiger partial charge in [0, 0.05) is 37.0 Å². The van der Waals surface area contributed by atoms with Crippen molar-refractivity contribution >= 4 is 39.1 Å². The normalized spacial score (nSPS) is 12.8.